The van der Waals surface area contributed by atoms with Gasteiger partial charge in [-0.05, 0) is 73.5 Å². The largest absolute Gasteiger partial charge is 0.508 e. The molecular weight excluding hydrogens is 344 g/mol. The maximum absolute atomic E-state index is 12.8. The Morgan fingerprint density at radius 1 is 1.15 bits per heavy atom. The van der Waals surface area contributed by atoms with Gasteiger partial charge in [-0.2, -0.15) is 0 Å². The van der Waals surface area contributed by atoms with Crippen LogP contribution in [0.15, 0.2) is 24.3 Å². The number of carbonyl (C=O) groups is 2. The fourth-order valence-electron chi connectivity index (χ4n) is 6.29. The molecule has 27 heavy (non-hydrogen) atoms. The van der Waals surface area contributed by atoms with Crippen LogP contribution in [0.5, 0.6) is 5.75 Å². The van der Waals surface area contributed by atoms with Crippen LogP contribution in [0.1, 0.15) is 50.5 Å². The molecule has 5 N–H and O–H groups in total. The monoisotopic (exact) mass is 372 g/mol. The van der Waals surface area contributed by atoms with E-state index < -0.39 is 17.6 Å². The lowest BCUT2D eigenvalue weighted by Gasteiger charge is -2.60. The fourth-order valence-corrected chi connectivity index (χ4v) is 6.29. The molecular formula is C21H28N2O4. The van der Waals surface area contributed by atoms with Crippen molar-refractivity contribution < 1.29 is 19.8 Å². The molecule has 5 atom stereocenters. The molecule has 0 saturated heterocycles. The number of phenols is 1. The quantitative estimate of drug-likeness (QED) is 0.608. The van der Waals surface area contributed by atoms with Crippen LogP contribution < -0.4 is 11.1 Å². The number of primary amides is 1. The van der Waals surface area contributed by atoms with Crippen molar-refractivity contribution in [3.05, 3.63) is 29.8 Å². The second-order valence-electron chi connectivity index (χ2n) is 9.26. The van der Waals surface area contributed by atoms with E-state index >= 15 is 0 Å². The lowest BCUT2D eigenvalue weighted by atomic mass is 9.47. The molecule has 2 amide bonds. The highest BCUT2D eigenvalue weighted by Crippen LogP contribution is 2.62. The number of aliphatic hydroxyl groups is 1. The molecule has 4 fully saturated rings. The van der Waals surface area contributed by atoms with Gasteiger partial charge in [-0.3, -0.25) is 9.59 Å². The normalized spacial score (nSPS) is 35.0. The number of aromatic hydroxyl groups is 1. The molecule has 0 aliphatic heterocycles. The number of hydrogen-bond donors (Lipinski definition) is 4. The van der Waals surface area contributed by atoms with E-state index in [0.29, 0.717) is 31.1 Å². The Hall–Kier alpha value is -2.08. The molecule has 1 aromatic carbocycles. The summed E-state index contributed by atoms with van der Waals surface area (Å²) in [6.45, 7) is 0. The zero-order chi connectivity index (χ0) is 19.2. The SMILES string of the molecule is NC(=O)[C@H](Cc1ccc(O)cc1)NC(=O)CC12C[C@@H]3C[C@@H](CC(O)(C3)C1)C2. The first-order valence-corrected chi connectivity index (χ1v) is 9.83. The Labute approximate surface area is 159 Å². The Bertz CT molecular complexity index is 731. The molecule has 0 heterocycles. The summed E-state index contributed by atoms with van der Waals surface area (Å²) in [5.41, 5.74) is 5.59. The van der Waals surface area contributed by atoms with Gasteiger partial charge in [-0.15, -0.1) is 0 Å². The number of nitrogens with one attached hydrogen (secondary N) is 1. The predicted molar refractivity (Wildman–Crippen MR) is 99.6 cm³/mol. The standard InChI is InChI=1S/C21H28N2O4/c22-19(26)17(6-13-1-3-16(24)4-2-13)23-18(25)11-20-7-14-5-15(8-20)10-21(27,9-14)12-20/h1-4,14-15,17,24,27H,5-12H2,(H2,22,26)(H,23,25)/t14-,15+,17-,20?,21?/m0/s1. The van der Waals surface area contributed by atoms with Gasteiger partial charge in [-0.25, -0.2) is 0 Å². The molecule has 4 bridgehead atoms. The van der Waals surface area contributed by atoms with Gasteiger partial charge in [0.1, 0.15) is 11.8 Å². The van der Waals surface area contributed by atoms with E-state index in [4.69, 9.17) is 5.73 Å². The minimum Gasteiger partial charge on any atom is -0.508 e. The minimum atomic E-state index is -0.779. The van der Waals surface area contributed by atoms with E-state index in [2.05, 4.69) is 5.32 Å². The number of hydrogen-bond acceptors (Lipinski definition) is 4. The molecule has 0 spiro atoms. The third-order valence-electron chi connectivity index (χ3n) is 6.74. The van der Waals surface area contributed by atoms with Crippen molar-refractivity contribution in [2.75, 3.05) is 0 Å². The van der Waals surface area contributed by atoms with Crippen molar-refractivity contribution in [3.63, 3.8) is 0 Å². The van der Waals surface area contributed by atoms with E-state index in [1.807, 2.05) is 0 Å². The highest BCUT2D eigenvalue weighted by Gasteiger charge is 2.57. The highest BCUT2D eigenvalue weighted by atomic mass is 16.3. The predicted octanol–water partition coefficient (Wildman–Crippen LogP) is 1.63. The molecule has 4 aliphatic carbocycles. The summed E-state index contributed by atoms with van der Waals surface area (Å²) in [6.07, 6.45) is 6.26. The smallest absolute Gasteiger partial charge is 0.240 e. The molecule has 4 aliphatic rings. The zero-order valence-corrected chi connectivity index (χ0v) is 15.5. The van der Waals surface area contributed by atoms with Crippen molar-refractivity contribution in [1.29, 1.82) is 0 Å². The molecule has 6 heteroatoms. The van der Waals surface area contributed by atoms with Crippen LogP contribution in [0.4, 0.5) is 0 Å². The summed E-state index contributed by atoms with van der Waals surface area (Å²) < 4.78 is 0. The summed E-state index contributed by atoms with van der Waals surface area (Å²) in [6, 6.07) is 5.74. The third kappa shape index (κ3) is 3.81. The molecule has 146 valence electrons. The van der Waals surface area contributed by atoms with Gasteiger partial charge in [0.15, 0.2) is 0 Å². The summed E-state index contributed by atoms with van der Waals surface area (Å²) >= 11 is 0. The van der Waals surface area contributed by atoms with Crippen molar-refractivity contribution in [2.45, 2.75) is 63.0 Å². The summed E-state index contributed by atoms with van der Waals surface area (Å²) in [4.78, 5) is 24.6. The highest BCUT2D eigenvalue weighted by molar-refractivity contribution is 5.87. The number of phenolic OH excluding ortho intramolecular Hbond substituents is 1. The van der Waals surface area contributed by atoms with Crippen LogP contribution in [0.2, 0.25) is 0 Å². The van der Waals surface area contributed by atoms with E-state index in [9.17, 15) is 19.8 Å². The second-order valence-corrected chi connectivity index (χ2v) is 9.26. The zero-order valence-electron chi connectivity index (χ0n) is 15.5. The fraction of sp³-hybridized carbons (Fsp3) is 0.619. The van der Waals surface area contributed by atoms with Crippen LogP contribution in [0.3, 0.4) is 0 Å². The Morgan fingerprint density at radius 2 is 1.78 bits per heavy atom. The average Bonchev–Trinajstić information content (AvgIpc) is 2.53. The van der Waals surface area contributed by atoms with Crippen LogP contribution in [-0.2, 0) is 16.0 Å². The number of benzene rings is 1. The first kappa shape index (κ1) is 18.3. The molecule has 5 rings (SSSR count). The first-order valence-electron chi connectivity index (χ1n) is 9.83. The van der Waals surface area contributed by atoms with Crippen molar-refractivity contribution in [3.8, 4) is 5.75 Å². The maximum Gasteiger partial charge on any atom is 0.240 e. The minimum absolute atomic E-state index is 0.135. The molecule has 2 unspecified atom stereocenters. The summed E-state index contributed by atoms with van der Waals surface area (Å²) in [5.74, 6) is 0.461. The number of nitrogens with two attached hydrogens (primary N) is 1. The van der Waals surface area contributed by atoms with Crippen LogP contribution in [-0.4, -0.2) is 33.7 Å². The summed E-state index contributed by atoms with van der Waals surface area (Å²) in [7, 11) is 0. The first-order chi connectivity index (χ1) is 12.7. The van der Waals surface area contributed by atoms with Gasteiger partial charge in [0, 0.05) is 12.8 Å². The molecule has 6 nitrogen and oxygen atoms in total. The van der Waals surface area contributed by atoms with Gasteiger partial charge >= 0.3 is 0 Å². The summed E-state index contributed by atoms with van der Waals surface area (Å²) in [5, 5.41) is 23.0. The van der Waals surface area contributed by atoms with E-state index in [-0.39, 0.29) is 17.1 Å². The Balaban J connectivity index is 1.41. The van der Waals surface area contributed by atoms with Gasteiger partial charge in [0.25, 0.3) is 0 Å². The lowest BCUT2D eigenvalue weighted by Crippen LogP contribution is -2.57. The van der Waals surface area contributed by atoms with E-state index in [1.165, 1.54) is 6.42 Å². The number of rotatable bonds is 6. The molecule has 4 saturated carbocycles. The average molecular weight is 372 g/mol. The van der Waals surface area contributed by atoms with Gasteiger partial charge < -0.3 is 21.3 Å². The lowest BCUT2D eigenvalue weighted by molar-refractivity contribution is -0.169. The second kappa shape index (κ2) is 6.51. The van der Waals surface area contributed by atoms with Crippen LogP contribution >= 0.6 is 0 Å². The van der Waals surface area contributed by atoms with Crippen LogP contribution in [0, 0.1) is 17.3 Å². The third-order valence-corrected chi connectivity index (χ3v) is 6.74. The van der Waals surface area contributed by atoms with Crippen molar-refractivity contribution >= 4 is 11.8 Å². The van der Waals surface area contributed by atoms with E-state index in [1.54, 1.807) is 24.3 Å². The topological polar surface area (TPSA) is 113 Å². The van der Waals surface area contributed by atoms with E-state index in [0.717, 1.165) is 31.2 Å². The van der Waals surface area contributed by atoms with Crippen LogP contribution in [0.25, 0.3) is 0 Å². The molecule has 0 radical (unpaired) electrons. The maximum atomic E-state index is 12.8. The molecule has 0 aromatic heterocycles. The number of carbonyl (C=O) groups excluding carboxylic acids is 2. The van der Waals surface area contributed by atoms with Crippen molar-refractivity contribution in [2.24, 2.45) is 23.0 Å². The van der Waals surface area contributed by atoms with Gasteiger partial charge in [-0.1, -0.05) is 12.1 Å². The Kier molecular flexibility index (Phi) is 4.41. The van der Waals surface area contributed by atoms with Gasteiger partial charge in [0.2, 0.25) is 11.8 Å². The van der Waals surface area contributed by atoms with Gasteiger partial charge in [0.05, 0.1) is 5.60 Å². The Morgan fingerprint density at radius 3 is 2.33 bits per heavy atom. The molecule has 1 aromatic rings. The number of amides is 2. The van der Waals surface area contributed by atoms with Crippen molar-refractivity contribution in [1.82, 2.24) is 5.32 Å².